The lowest BCUT2D eigenvalue weighted by molar-refractivity contribution is 0.602. The van der Waals surface area contributed by atoms with Gasteiger partial charge in [-0.2, -0.15) is 4.98 Å². The maximum absolute atomic E-state index is 11.6. The summed E-state index contributed by atoms with van der Waals surface area (Å²) in [6, 6.07) is 9.99. The molecule has 3 N–H and O–H groups in total. The molecule has 3 rings (SSSR count). The number of hydrogen-bond acceptors (Lipinski definition) is 5. The van der Waals surface area contributed by atoms with Crippen molar-refractivity contribution < 1.29 is 8.42 Å². The Kier molecular flexibility index (Phi) is 4.73. The highest BCUT2D eigenvalue weighted by atomic mass is 35.5. The standard InChI is InChI=1S/C16H14Cl2N4O2S/c1-25(23,24)11-4-2-10(3-5-11)15-12(17)6-9(7-13(15)18)8-14-20-16(19)22-21-14/h2-7H,8H2,1H3,(H3,19,20,21,22). The number of H-pyrrole nitrogens is 1. The summed E-state index contributed by atoms with van der Waals surface area (Å²) in [5.41, 5.74) is 7.71. The van der Waals surface area contributed by atoms with Gasteiger partial charge in [-0.1, -0.05) is 35.3 Å². The quantitative estimate of drug-likeness (QED) is 0.703. The average molecular weight is 397 g/mol. The van der Waals surface area contributed by atoms with E-state index < -0.39 is 9.84 Å². The molecule has 0 fully saturated rings. The fourth-order valence-electron chi connectivity index (χ4n) is 2.45. The van der Waals surface area contributed by atoms with Crippen LogP contribution in [0.4, 0.5) is 5.95 Å². The summed E-state index contributed by atoms with van der Waals surface area (Å²) in [5.74, 6) is 0.782. The summed E-state index contributed by atoms with van der Waals surface area (Å²) in [7, 11) is -3.25. The van der Waals surface area contributed by atoms with Gasteiger partial charge in [0.15, 0.2) is 9.84 Å². The van der Waals surface area contributed by atoms with Crippen LogP contribution in [0.1, 0.15) is 11.4 Å². The van der Waals surface area contributed by atoms with Crippen LogP contribution in [-0.4, -0.2) is 29.9 Å². The second kappa shape index (κ2) is 6.67. The van der Waals surface area contributed by atoms with Crippen LogP contribution in [0.2, 0.25) is 10.0 Å². The third-order valence-corrected chi connectivity index (χ3v) is 5.32. The van der Waals surface area contributed by atoms with Gasteiger partial charge in [0.05, 0.1) is 14.9 Å². The minimum atomic E-state index is -3.25. The zero-order valence-electron chi connectivity index (χ0n) is 13.1. The van der Waals surface area contributed by atoms with Crippen LogP contribution in [0.5, 0.6) is 0 Å². The van der Waals surface area contributed by atoms with E-state index in [4.69, 9.17) is 28.9 Å². The fraction of sp³-hybridized carbons (Fsp3) is 0.125. The number of hydrogen-bond donors (Lipinski definition) is 2. The molecular formula is C16H14Cl2N4O2S. The minimum Gasteiger partial charge on any atom is -0.367 e. The molecule has 130 valence electrons. The van der Waals surface area contributed by atoms with Gasteiger partial charge < -0.3 is 5.73 Å². The number of aromatic nitrogens is 3. The van der Waals surface area contributed by atoms with Crippen LogP contribution < -0.4 is 5.73 Å². The summed E-state index contributed by atoms with van der Waals surface area (Å²) in [6.45, 7) is 0. The van der Waals surface area contributed by atoms with E-state index in [0.29, 0.717) is 27.9 Å². The first-order chi connectivity index (χ1) is 11.7. The summed E-state index contributed by atoms with van der Waals surface area (Å²) in [4.78, 5) is 4.29. The third kappa shape index (κ3) is 3.95. The number of nitrogens with zero attached hydrogens (tertiary/aromatic N) is 2. The Morgan fingerprint density at radius 2 is 1.72 bits per heavy atom. The van der Waals surface area contributed by atoms with Crippen LogP contribution in [0.25, 0.3) is 11.1 Å². The number of nitrogens with one attached hydrogen (secondary N) is 1. The topological polar surface area (TPSA) is 102 Å². The summed E-state index contributed by atoms with van der Waals surface area (Å²) >= 11 is 12.8. The molecule has 0 aliphatic rings. The molecule has 0 atom stereocenters. The van der Waals surface area contributed by atoms with Gasteiger partial charge in [-0.05, 0) is 35.4 Å². The Labute approximate surface area is 154 Å². The van der Waals surface area contributed by atoms with E-state index in [2.05, 4.69) is 15.2 Å². The maximum atomic E-state index is 11.6. The van der Waals surface area contributed by atoms with Crippen molar-refractivity contribution in [3.8, 4) is 11.1 Å². The second-order valence-corrected chi connectivity index (χ2v) is 8.38. The Balaban J connectivity index is 1.95. The van der Waals surface area contributed by atoms with Crippen LogP contribution in [0, 0.1) is 0 Å². The molecule has 2 aromatic carbocycles. The predicted molar refractivity (Wildman–Crippen MR) is 98.6 cm³/mol. The molecule has 0 saturated heterocycles. The van der Waals surface area contributed by atoms with Crippen LogP contribution >= 0.6 is 23.2 Å². The van der Waals surface area contributed by atoms with Gasteiger partial charge in [0.1, 0.15) is 5.82 Å². The van der Waals surface area contributed by atoms with Gasteiger partial charge in [0, 0.05) is 18.2 Å². The molecule has 9 heteroatoms. The lowest BCUT2D eigenvalue weighted by Crippen LogP contribution is -1.97. The van der Waals surface area contributed by atoms with Gasteiger partial charge >= 0.3 is 0 Å². The number of halogens is 2. The van der Waals surface area contributed by atoms with E-state index in [-0.39, 0.29) is 10.8 Å². The van der Waals surface area contributed by atoms with Gasteiger partial charge in [-0.3, -0.25) is 5.10 Å². The molecule has 0 saturated carbocycles. The Bertz CT molecular complexity index is 1010. The zero-order chi connectivity index (χ0) is 18.2. The molecule has 0 aliphatic carbocycles. The Hall–Kier alpha value is -2.09. The first-order valence-electron chi connectivity index (χ1n) is 7.19. The molecule has 6 nitrogen and oxygen atoms in total. The second-order valence-electron chi connectivity index (χ2n) is 5.55. The van der Waals surface area contributed by atoms with Gasteiger partial charge in [-0.15, -0.1) is 5.10 Å². The largest absolute Gasteiger partial charge is 0.367 e. The lowest BCUT2D eigenvalue weighted by Gasteiger charge is -2.10. The number of sulfone groups is 1. The van der Waals surface area contributed by atoms with Crippen molar-refractivity contribution in [1.82, 2.24) is 15.2 Å². The van der Waals surface area contributed by atoms with E-state index >= 15 is 0 Å². The minimum absolute atomic E-state index is 0.176. The molecule has 0 unspecified atom stereocenters. The highest BCUT2D eigenvalue weighted by molar-refractivity contribution is 7.90. The van der Waals surface area contributed by atoms with Crippen molar-refractivity contribution in [1.29, 1.82) is 0 Å². The normalized spacial score (nSPS) is 11.6. The van der Waals surface area contributed by atoms with E-state index in [0.717, 1.165) is 17.4 Å². The van der Waals surface area contributed by atoms with Crippen LogP contribution in [-0.2, 0) is 16.3 Å². The molecule has 1 aromatic heterocycles. The van der Waals surface area contributed by atoms with Gasteiger partial charge in [0.25, 0.3) is 0 Å². The monoisotopic (exact) mass is 396 g/mol. The van der Waals surface area contributed by atoms with E-state index in [1.807, 2.05) is 0 Å². The molecule has 0 aliphatic heterocycles. The highest BCUT2D eigenvalue weighted by Gasteiger charge is 2.13. The SMILES string of the molecule is CS(=O)(=O)c1ccc(-c2c(Cl)cc(Cc3nc(N)n[nH]3)cc2Cl)cc1. The smallest absolute Gasteiger partial charge is 0.239 e. The molecule has 0 spiro atoms. The average Bonchev–Trinajstić information content (AvgIpc) is 2.91. The van der Waals surface area contributed by atoms with Crippen molar-refractivity contribution in [3.05, 3.63) is 57.8 Å². The molecular weight excluding hydrogens is 383 g/mol. The molecule has 25 heavy (non-hydrogen) atoms. The first kappa shape index (κ1) is 17.7. The number of nitrogen functional groups attached to an aromatic ring is 1. The Morgan fingerprint density at radius 1 is 1.12 bits per heavy atom. The van der Waals surface area contributed by atoms with Crippen molar-refractivity contribution in [3.63, 3.8) is 0 Å². The maximum Gasteiger partial charge on any atom is 0.239 e. The van der Waals surface area contributed by atoms with E-state index in [1.54, 1.807) is 24.3 Å². The zero-order valence-corrected chi connectivity index (χ0v) is 15.5. The molecule has 1 heterocycles. The van der Waals surface area contributed by atoms with Crippen molar-refractivity contribution in [2.45, 2.75) is 11.3 Å². The Morgan fingerprint density at radius 3 is 2.20 bits per heavy atom. The number of anilines is 1. The summed E-state index contributed by atoms with van der Waals surface area (Å²) < 4.78 is 23.1. The van der Waals surface area contributed by atoms with Crippen molar-refractivity contribution in [2.24, 2.45) is 0 Å². The summed E-state index contributed by atoms with van der Waals surface area (Å²) in [6.07, 6.45) is 1.62. The number of rotatable bonds is 4. The van der Waals surface area contributed by atoms with E-state index in [1.165, 1.54) is 12.1 Å². The molecule has 0 amide bonds. The van der Waals surface area contributed by atoms with Crippen LogP contribution in [0.15, 0.2) is 41.3 Å². The van der Waals surface area contributed by atoms with Crippen molar-refractivity contribution >= 4 is 39.0 Å². The lowest BCUT2D eigenvalue weighted by atomic mass is 10.0. The van der Waals surface area contributed by atoms with Gasteiger partial charge in [-0.25, -0.2) is 8.42 Å². The van der Waals surface area contributed by atoms with Crippen LogP contribution in [0.3, 0.4) is 0 Å². The highest BCUT2D eigenvalue weighted by Crippen LogP contribution is 2.36. The number of nitrogens with two attached hydrogens (primary N) is 1. The molecule has 0 bridgehead atoms. The molecule has 3 aromatic rings. The molecule has 0 radical (unpaired) electrons. The third-order valence-electron chi connectivity index (χ3n) is 3.59. The van der Waals surface area contributed by atoms with E-state index in [9.17, 15) is 8.42 Å². The fourth-order valence-corrected chi connectivity index (χ4v) is 3.84. The number of benzene rings is 2. The summed E-state index contributed by atoms with van der Waals surface area (Å²) in [5, 5.41) is 7.43. The predicted octanol–water partition coefficient (Wildman–Crippen LogP) is 3.36. The number of aromatic amines is 1. The first-order valence-corrected chi connectivity index (χ1v) is 9.84. The van der Waals surface area contributed by atoms with Gasteiger partial charge in [0.2, 0.25) is 5.95 Å². The van der Waals surface area contributed by atoms with Crippen molar-refractivity contribution in [2.75, 3.05) is 12.0 Å².